The third-order valence-electron chi connectivity index (χ3n) is 4.11. The SMILES string of the molecule is CCC(CC)(CNC(=O)N1CCOC(CC(=O)O)C1)SC. The number of thioether (sulfide) groups is 1. The minimum atomic E-state index is -0.902. The molecule has 2 N–H and O–H groups in total. The van der Waals surface area contributed by atoms with Gasteiger partial charge in [-0.1, -0.05) is 13.8 Å². The molecule has 0 aromatic carbocycles. The Bertz CT molecular complexity index is 353. The molecule has 21 heavy (non-hydrogen) atoms. The largest absolute Gasteiger partial charge is 0.481 e. The number of hydrogen-bond donors (Lipinski definition) is 2. The fourth-order valence-electron chi connectivity index (χ4n) is 2.43. The Balaban J connectivity index is 2.49. The van der Waals surface area contributed by atoms with Crippen molar-refractivity contribution in [2.45, 2.75) is 44.0 Å². The molecule has 1 heterocycles. The summed E-state index contributed by atoms with van der Waals surface area (Å²) in [6, 6.07) is -0.131. The Morgan fingerprint density at radius 2 is 2.10 bits per heavy atom. The summed E-state index contributed by atoms with van der Waals surface area (Å²) in [6.07, 6.45) is 3.58. The van der Waals surface area contributed by atoms with Crippen LogP contribution in [0.3, 0.4) is 0 Å². The van der Waals surface area contributed by atoms with Gasteiger partial charge in [0.2, 0.25) is 0 Å². The van der Waals surface area contributed by atoms with Gasteiger partial charge in [-0.05, 0) is 19.1 Å². The summed E-state index contributed by atoms with van der Waals surface area (Å²) in [6.45, 7) is 6.12. The number of nitrogens with one attached hydrogen (secondary N) is 1. The van der Waals surface area contributed by atoms with Crippen molar-refractivity contribution in [3.63, 3.8) is 0 Å². The van der Waals surface area contributed by atoms with E-state index in [9.17, 15) is 9.59 Å². The predicted molar refractivity (Wildman–Crippen MR) is 83.8 cm³/mol. The van der Waals surface area contributed by atoms with E-state index < -0.39 is 12.1 Å². The van der Waals surface area contributed by atoms with Crippen molar-refractivity contribution in [3.8, 4) is 0 Å². The van der Waals surface area contributed by atoms with Crippen LogP contribution in [0.2, 0.25) is 0 Å². The molecule has 1 aliphatic heterocycles. The topological polar surface area (TPSA) is 78.9 Å². The van der Waals surface area contributed by atoms with Crippen LogP contribution >= 0.6 is 11.8 Å². The molecule has 0 spiro atoms. The molecule has 1 fully saturated rings. The van der Waals surface area contributed by atoms with E-state index in [2.05, 4.69) is 25.4 Å². The number of aliphatic carboxylic acids is 1. The van der Waals surface area contributed by atoms with Crippen LogP contribution < -0.4 is 5.32 Å². The van der Waals surface area contributed by atoms with Gasteiger partial charge in [0.15, 0.2) is 0 Å². The molecule has 1 atom stereocenters. The number of nitrogens with zero attached hydrogens (tertiary/aromatic N) is 1. The van der Waals surface area contributed by atoms with Crippen LogP contribution in [0, 0.1) is 0 Å². The second kappa shape index (κ2) is 8.48. The summed E-state index contributed by atoms with van der Waals surface area (Å²) in [5, 5.41) is 11.8. The zero-order chi connectivity index (χ0) is 15.9. The van der Waals surface area contributed by atoms with E-state index in [1.165, 1.54) is 0 Å². The summed E-state index contributed by atoms with van der Waals surface area (Å²) in [5.41, 5.74) is 0. The van der Waals surface area contributed by atoms with Crippen molar-refractivity contribution in [2.24, 2.45) is 0 Å². The predicted octanol–water partition coefficient (Wildman–Crippen LogP) is 1.79. The average molecular weight is 318 g/mol. The molecule has 7 heteroatoms. The number of amides is 2. The van der Waals surface area contributed by atoms with E-state index >= 15 is 0 Å². The first-order valence-corrected chi connectivity index (χ1v) is 8.60. The van der Waals surface area contributed by atoms with Crippen LogP contribution in [0.25, 0.3) is 0 Å². The molecular formula is C14H26N2O4S. The van der Waals surface area contributed by atoms with Crippen molar-refractivity contribution >= 4 is 23.8 Å². The van der Waals surface area contributed by atoms with Gasteiger partial charge in [0.1, 0.15) is 0 Å². The zero-order valence-corrected chi connectivity index (χ0v) is 13.9. The summed E-state index contributed by atoms with van der Waals surface area (Å²) in [4.78, 5) is 24.6. The lowest BCUT2D eigenvalue weighted by Crippen LogP contribution is -2.52. The third-order valence-corrected chi connectivity index (χ3v) is 5.70. The van der Waals surface area contributed by atoms with Gasteiger partial charge in [-0.15, -0.1) is 0 Å². The van der Waals surface area contributed by atoms with Gasteiger partial charge in [0, 0.05) is 24.4 Å². The molecule has 1 saturated heterocycles. The second-order valence-electron chi connectivity index (χ2n) is 5.29. The van der Waals surface area contributed by atoms with Crippen LogP contribution in [0.15, 0.2) is 0 Å². The lowest BCUT2D eigenvalue weighted by atomic mass is 10.0. The van der Waals surface area contributed by atoms with Crippen LogP contribution in [0.5, 0.6) is 0 Å². The Labute approximate surface area is 130 Å². The number of carbonyl (C=O) groups is 2. The number of urea groups is 1. The standard InChI is InChI=1S/C14H26N2O4S/c1-4-14(5-2,21-3)10-15-13(19)16-6-7-20-11(9-16)8-12(17)18/h11H,4-10H2,1-3H3,(H,15,19)(H,17,18). The van der Waals surface area contributed by atoms with Crippen LogP contribution in [-0.4, -0.2) is 65.4 Å². The highest BCUT2D eigenvalue weighted by Crippen LogP contribution is 2.29. The maximum Gasteiger partial charge on any atom is 0.317 e. The molecule has 0 saturated carbocycles. The van der Waals surface area contributed by atoms with E-state index in [1.807, 2.05) is 0 Å². The molecule has 0 aromatic rings. The van der Waals surface area contributed by atoms with Crippen LogP contribution in [0.1, 0.15) is 33.1 Å². The van der Waals surface area contributed by atoms with E-state index in [0.717, 1.165) is 12.8 Å². The third kappa shape index (κ3) is 5.39. The zero-order valence-electron chi connectivity index (χ0n) is 13.1. The fraction of sp³-hybridized carbons (Fsp3) is 0.857. The number of morpholine rings is 1. The van der Waals surface area contributed by atoms with Gasteiger partial charge in [-0.2, -0.15) is 11.8 Å². The van der Waals surface area contributed by atoms with Gasteiger partial charge in [0.25, 0.3) is 0 Å². The van der Waals surface area contributed by atoms with Gasteiger partial charge in [0.05, 0.1) is 19.1 Å². The highest BCUT2D eigenvalue weighted by atomic mass is 32.2. The van der Waals surface area contributed by atoms with E-state index in [1.54, 1.807) is 16.7 Å². The van der Waals surface area contributed by atoms with Crippen molar-refractivity contribution in [3.05, 3.63) is 0 Å². The van der Waals surface area contributed by atoms with Gasteiger partial charge in [-0.3, -0.25) is 4.79 Å². The van der Waals surface area contributed by atoms with Crippen LogP contribution in [0.4, 0.5) is 4.79 Å². The van der Waals surface area contributed by atoms with Crippen molar-refractivity contribution in [2.75, 3.05) is 32.5 Å². The average Bonchev–Trinajstić information content (AvgIpc) is 2.48. The molecule has 2 amide bonds. The summed E-state index contributed by atoms with van der Waals surface area (Å²) in [5.74, 6) is -0.902. The van der Waals surface area contributed by atoms with E-state index in [-0.39, 0.29) is 17.2 Å². The van der Waals surface area contributed by atoms with Crippen molar-refractivity contribution in [1.82, 2.24) is 10.2 Å². The monoisotopic (exact) mass is 318 g/mol. The number of carboxylic acids is 1. The minimum Gasteiger partial charge on any atom is -0.481 e. The number of carbonyl (C=O) groups excluding carboxylic acids is 1. The number of hydrogen-bond acceptors (Lipinski definition) is 4. The summed E-state index contributed by atoms with van der Waals surface area (Å²) in [7, 11) is 0. The summed E-state index contributed by atoms with van der Waals surface area (Å²) < 4.78 is 5.44. The maximum atomic E-state index is 12.2. The first-order valence-electron chi connectivity index (χ1n) is 7.37. The lowest BCUT2D eigenvalue weighted by molar-refractivity contribution is -0.141. The van der Waals surface area contributed by atoms with Gasteiger partial charge >= 0.3 is 12.0 Å². The normalized spacial score (nSPS) is 19.4. The first-order chi connectivity index (χ1) is 9.96. The highest BCUT2D eigenvalue weighted by Gasteiger charge is 2.29. The van der Waals surface area contributed by atoms with Crippen LogP contribution in [-0.2, 0) is 9.53 Å². The number of rotatable bonds is 7. The van der Waals surface area contributed by atoms with Gasteiger partial charge in [-0.25, -0.2) is 4.79 Å². The number of carboxylic acid groups (broad SMARTS) is 1. The van der Waals surface area contributed by atoms with E-state index in [0.29, 0.717) is 26.2 Å². The summed E-state index contributed by atoms with van der Waals surface area (Å²) >= 11 is 1.78. The molecule has 0 bridgehead atoms. The van der Waals surface area contributed by atoms with E-state index in [4.69, 9.17) is 9.84 Å². The fourth-order valence-corrected chi connectivity index (χ4v) is 3.23. The molecule has 6 nitrogen and oxygen atoms in total. The molecule has 0 radical (unpaired) electrons. The molecular weight excluding hydrogens is 292 g/mol. The molecule has 1 rings (SSSR count). The maximum absolute atomic E-state index is 12.2. The Kier molecular flexibility index (Phi) is 7.31. The smallest absolute Gasteiger partial charge is 0.317 e. The lowest BCUT2D eigenvalue weighted by Gasteiger charge is -2.35. The first kappa shape index (κ1) is 18.1. The molecule has 1 unspecified atom stereocenters. The molecule has 1 aliphatic rings. The molecule has 122 valence electrons. The highest BCUT2D eigenvalue weighted by molar-refractivity contribution is 8.00. The molecule has 0 aliphatic carbocycles. The second-order valence-corrected chi connectivity index (χ2v) is 6.56. The minimum absolute atomic E-state index is 0.0670. The Morgan fingerprint density at radius 1 is 1.43 bits per heavy atom. The van der Waals surface area contributed by atoms with Crippen molar-refractivity contribution in [1.29, 1.82) is 0 Å². The van der Waals surface area contributed by atoms with Crippen molar-refractivity contribution < 1.29 is 19.4 Å². The molecule has 0 aromatic heterocycles. The Hall–Kier alpha value is -0.950. The number of ether oxygens (including phenoxy) is 1. The Morgan fingerprint density at radius 3 is 2.62 bits per heavy atom. The van der Waals surface area contributed by atoms with Gasteiger partial charge < -0.3 is 20.1 Å². The quantitative estimate of drug-likeness (QED) is 0.748.